The zero-order valence-electron chi connectivity index (χ0n) is 18.4. The summed E-state index contributed by atoms with van der Waals surface area (Å²) in [7, 11) is 0. The Hall–Kier alpha value is -2.66. The van der Waals surface area contributed by atoms with Gasteiger partial charge >= 0.3 is 0 Å². The average Bonchev–Trinajstić information content (AvgIpc) is 3.64. The summed E-state index contributed by atoms with van der Waals surface area (Å²) in [5.74, 6) is 0.0262. The normalized spacial score (nSPS) is 18.4. The molecule has 1 aliphatic carbocycles. The number of carbonyl (C=O) groups is 2. The van der Waals surface area contributed by atoms with Crippen LogP contribution in [0.25, 0.3) is 0 Å². The van der Waals surface area contributed by atoms with Crippen molar-refractivity contribution >= 4 is 17.5 Å². The number of nitrogens with zero attached hydrogens (tertiary/aromatic N) is 2. The van der Waals surface area contributed by atoms with E-state index in [-0.39, 0.29) is 17.9 Å². The van der Waals surface area contributed by atoms with Gasteiger partial charge in [-0.2, -0.15) is 0 Å². The fraction of sp³-hybridized carbons (Fsp3) is 0.462. The Labute approximate surface area is 185 Å². The second-order valence-corrected chi connectivity index (χ2v) is 8.77. The van der Waals surface area contributed by atoms with Gasteiger partial charge in [0.25, 0.3) is 0 Å². The number of benzene rings is 2. The van der Waals surface area contributed by atoms with Gasteiger partial charge in [0, 0.05) is 37.8 Å². The minimum Gasteiger partial charge on any atom is -0.351 e. The highest BCUT2D eigenvalue weighted by Crippen LogP contribution is 2.35. The monoisotopic (exact) mass is 419 g/mol. The van der Waals surface area contributed by atoms with E-state index >= 15 is 0 Å². The maximum Gasteiger partial charge on any atom is 0.246 e. The lowest BCUT2D eigenvalue weighted by Crippen LogP contribution is -2.65. The fourth-order valence-corrected chi connectivity index (χ4v) is 4.54. The van der Waals surface area contributed by atoms with Crippen molar-refractivity contribution in [3.8, 4) is 0 Å². The van der Waals surface area contributed by atoms with E-state index < -0.39 is 5.54 Å². The molecule has 1 aliphatic heterocycles. The maximum absolute atomic E-state index is 13.6. The predicted molar refractivity (Wildman–Crippen MR) is 124 cm³/mol. The standard InChI is InChI=1S/C26H33N3O2/c1-2-24(30)29(23-11-7-4-8-12-23)26(25(31)27-22-13-14-22)16-19-28(20-17-26)18-15-21-9-5-3-6-10-21/h3-12,22H,2,13-20H2,1H3,(H,27,31). The van der Waals surface area contributed by atoms with Crippen LogP contribution in [0, 0.1) is 0 Å². The van der Waals surface area contributed by atoms with E-state index in [4.69, 9.17) is 0 Å². The summed E-state index contributed by atoms with van der Waals surface area (Å²) in [4.78, 5) is 30.9. The van der Waals surface area contributed by atoms with Crippen LogP contribution < -0.4 is 10.2 Å². The summed E-state index contributed by atoms with van der Waals surface area (Å²) in [5, 5.41) is 3.21. The molecule has 5 heteroatoms. The number of hydrogen-bond acceptors (Lipinski definition) is 3. The lowest BCUT2D eigenvalue weighted by molar-refractivity contribution is -0.132. The van der Waals surface area contributed by atoms with Gasteiger partial charge in [-0.05, 0) is 49.8 Å². The highest BCUT2D eigenvalue weighted by molar-refractivity contribution is 6.03. The van der Waals surface area contributed by atoms with Crippen molar-refractivity contribution in [1.82, 2.24) is 10.2 Å². The molecular weight excluding hydrogens is 386 g/mol. The highest BCUT2D eigenvalue weighted by atomic mass is 16.2. The number of nitrogens with one attached hydrogen (secondary N) is 1. The van der Waals surface area contributed by atoms with Gasteiger partial charge in [0.1, 0.15) is 5.54 Å². The number of amides is 2. The Morgan fingerprint density at radius 2 is 1.61 bits per heavy atom. The Bertz CT molecular complexity index is 872. The van der Waals surface area contributed by atoms with E-state index in [0.717, 1.165) is 44.6 Å². The first-order valence-electron chi connectivity index (χ1n) is 11.6. The molecule has 164 valence electrons. The van der Waals surface area contributed by atoms with Gasteiger partial charge in [0.05, 0.1) is 0 Å². The zero-order valence-corrected chi connectivity index (χ0v) is 18.4. The summed E-state index contributed by atoms with van der Waals surface area (Å²) >= 11 is 0. The third-order valence-electron chi connectivity index (χ3n) is 6.57. The molecule has 1 saturated carbocycles. The number of piperidine rings is 1. The topological polar surface area (TPSA) is 52.7 Å². The molecule has 1 heterocycles. The first kappa shape index (κ1) is 21.6. The summed E-state index contributed by atoms with van der Waals surface area (Å²) < 4.78 is 0. The minimum atomic E-state index is -0.819. The first-order chi connectivity index (χ1) is 15.1. The Kier molecular flexibility index (Phi) is 6.71. The molecule has 2 aromatic rings. The van der Waals surface area contributed by atoms with Crippen molar-refractivity contribution in [2.24, 2.45) is 0 Å². The molecule has 0 unspecified atom stereocenters. The molecule has 31 heavy (non-hydrogen) atoms. The third kappa shape index (κ3) is 4.99. The molecule has 1 N–H and O–H groups in total. The smallest absolute Gasteiger partial charge is 0.246 e. The number of likely N-dealkylation sites (tertiary alicyclic amines) is 1. The van der Waals surface area contributed by atoms with Crippen LogP contribution in [0.15, 0.2) is 60.7 Å². The minimum absolute atomic E-state index is 0.00915. The number of rotatable bonds is 8. The van der Waals surface area contributed by atoms with Gasteiger partial charge in [0.2, 0.25) is 11.8 Å². The number of hydrogen-bond donors (Lipinski definition) is 1. The Morgan fingerprint density at radius 3 is 2.19 bits per heavy atom. The van der Waals surface area contributed by atoms with Crippen LogP contribution in [0.5, 0.6) is 0 Å². The van der Waals surface area contributed by atoms with Crippen LogP contribution in [0.1, 0.15) is 44.6 Å². The van der Waals surface area contributed by atoms with E-state index in [1.54, 1.807) is 4.90 Å². The van der Waals surface area contributed by atoms with E-state index in [0.29, 0.717) is 19.3 Å². The molecule has 0 spiro atoms. The molecule has 2 aromatic carbocycles. The number of anilines is 1. The lowest BCUT2D eigenvalue weighted by atomic mass is 9.83. The second kappa shape index (κ2) is 9.65. The highest BCUT2D eigenvalue weighted by Gasteiger charge is 2.49. The van der Waals surface area contributed by atoms with Crippen molar-refractivity contribution in [1.29, 1.82) is 0 Å². The second-order valence-electron chi connectivity index (χ2n) is 8.77. The van der Waals surface area contributed by atoms with Crippen LogP contribution >= 0.6 is 0 Å². The van der Waals surface area contributed by atoms with Gasteiger partial charge in [-0.1, -0.05) is 55.5 Å². The molecule has 2 fully saturated rings. The molecule has 0 radical (unpaired) electrons. The predicted octanol–water partition coefficient (Wildman–Crippen LogP) is 3.79. The van der Waals surface area contributed by atoms with Crippen molar-refractivity contribution in [2.75, 3.05) is 24.5 Å². The van der Waals surface area contributed by atoms with Gasteiger partial charge < -0.3 is 10.2 Å². The van der Waals surface area contributed by atoms with Gasteiger partial charge in [-0.15, -0.1) is 0 Å². The van der Waals surface area contributed by atoms with Gasteiger partial charge in [-0.25, -0.2) is 0 Å². The third-order valence-corrected chi connectivity index (χ3v) is 6.57. The maximum atomic E-state index is 13.6. The number of para-hydroxylation sites is 1. The number of carbonyl (C=O) groups excluding carboxylic acids is 2. The van der Waals surface area contributed by atoms with Crippen LogP contribution in [-0.2, 0) is 16.0 Å². The van der Waals surface area contributed by atoms with Crippen molar-refractivity contribution in [2.45, 2.75) is 57.0 Å². The Morgan fingerprint density at radius 1 is 1.00 bits per heavy atom. The molecule has 0 atom stereocenters. The summed E-state index contributed by atoms with van der Waals surface area (Å²) in [6.07, 6.45) is 4.77. The summed E-state index contributed by atoms with van der Waals surface area (Å²) in [6.45, 7) is 4.47. The van der Waals surface area contributed by atoms with E-state index in [1.807, 2.05) is 43.3 Å². The quantitative estimate of drug-likeness (QED) is 0.708. The molecule has 4 rings (SSSR count). The van der Waals surface area contributed by atoms with Crippen LogP contribution in [0.2, 0.25) is 0 Å². The van der Waals surface area contributed by atoms with Crippen molar-refractivity contribution < 1.29 is 9.59 Å². The molecule has 1 saturated heterocycles. The first-order valence-corrected chi connectivity index (χ1v) is 11.6. The molecule has 0 bridgehead atoms. The molecule has 5 nitrogen and oxygen atoms in total. The van der Waals surface area contributed by atoms with E-state index in [2.05, 4.69) is 34.5 Å². The van der Waals surface area contributed by atoms with Gasteiger partial charge in [0.15, 0.2) is 0 Å². The molecular formula is C26H33N3O2. The Balaban J connectivity index is 1.54. The van der Waals surface area contributed by atoms with Gasteiger partial charge in [-0.3, -0.25) is 14.5 Å². The molecule has 2 aliphatic rings. The molecule has 0 aromatic heterocycles. The largest absolute Gasteiger partial charge is 0.351 e. The van der Waals surface area contributed by atoms with E-state index in [9.17, 15) is 9.59 Å². The zero-order chi connectivity index (χ0) is 21.7. The SMILES string of the molecule is CCC(=O)N(c1ccccc1)C1(C(=O)NC2CC2)CCN(CCc2ccccc2)CC1. The van der Waals surface area contributed by atoms with Crippen LogP contribution in [0.4, 0.5) is 5.69 Å². The fourth-order valence-electron chi connectivity index (χ4n) is 4.54. The molecule has 2 amide bonds. The summed E-state index contributed by atoms with van der Waals surface area (Å²) in [5.41, 5.74) is 1.33. The van der Waals surface area contributed by atoms with Crippen LogP contribution in [0.3, 0.4) is 0 Å². The average molecular weight is 420 g/mol. The van der Waals surface area contributed by atoms with Crippen molar-refractivity contribution in [3.63, 3.8) is 0 Å². The van der Waals surface area contributed by atoms with Crippen molar-refractivity contribution in [3.05, 3.63) is 66.2 Å². The van der Waals surface area contributed by atoms with E-state index in [1.165, 1.54) is 5.56 Å². The lowest BCUT2D eigenvalue weighted by Gasteiger charge is -2.47. The summed E-state index contributed by atoms with van der Waals surface area (Å²) in [6, 6.07) is 20.5. The van der Waals surface area contributed by atoms with Crippen LogP contribution in [-0.4, -0.2) is 47.9 Å².